The second-order valence-electron chi connectivity index (χ2n) is 5.54. The minimum Gasteiger partial charge on any atom is -0.507 e. The van der Waals surface area contributed by atoms with Crippen molar-refractivity contribution >= 4 is 17.5 Å². The van der Waals surface area contributed by atoms with Crippen molar-refractivity contribution in [1.82, 2.24) is 0 Å². The van der Waals surface area contributed by atoms with E-state index < -0.39 is 35.1 Å². The van der Waals surface area contributed by atoms with Crippen LogP contribution in [-0.4, -0.2) is 27.7 Å². The normalized spacial score (nSPS) is 13.9. The zero-order valence-electron chi connectivity index (χ0n) is 13.0. The molecule has 0 aromatic heterocycles. The molecule has 6 nitrogen and oxygen atoms in total. The molecule has 0 bridgehead atoms. The maximum Gasteiger partial charge on any atom is 0.303 e. The van der Waals surface area contributed by atoms with Crippen molar-refractivity contribution < 1.29 is 29.3 Å². The first-order valence-electron chi connectivity index (χ1n) is 7.27. The number of ketones is 2. The summed E-state index contributed by atoms with van der Waals surface area (Å²) in [6.45, 7) is 2.70. The molecular weight excluding hydrogens is 312 g/mol. The Morgan fingerprint density at radius 1 is 1.04 bits per heavy atom. The molecule has 1 aliphatic carbocycles. The third-order valence-electron chi connectivity index (χ3n) is 3.96. The monoisotopic (exact) mass is 326 g/mol. The minimum atomic E-state index is -0.890. The van der Waals surface area contributed by atoms with Crippen molar-refractivity contribution in [3.05, 3.63) is 58.1 Å². The Morgan fingerprint density at radius 3 is 2.12 bits per heavy atom. The summed E-state index contributed by atoms with van der Waals surface area (Å²) in [7, 11) is 0. The molecule has 0 amide bonds. The largest absolute Gasteiger partial charge is 0.507 e. The highest BCUT2D eigenvalue weighted by atomic mass is 16.5. The first-order valence-corrected chi connectivity index (χ1v) is 7.27. The number of fused-ring (bicyclic) bond motifs is 2. The molecule has 6 heteroatoms. The molecule has 122 valence electrons. The van der Waals surface area contributed by atoms with Crippen molar-refractivity contribution in [1.29, 1.82) is 0 Å². The molecule has 24 heavy (non-hydrogen) atoms. The zero-order valence-corrected chi connectivity index (χ0v) is 13.0. The first-order chi connectivity index (χ1) is 11.3. The lowest BCUT2D eigenvalue weighted by Crippen LogP contribution is -2.22. The van der Waals surface area contributed by atoms with E-state index in [9.17, 15) is 24.6 Å². The number of aromatic hydroxyl groups is 2. The summed E-state index contributed by atoms with van der Waals surface area (Å²) in [5.41, 5.74) is -0.128. The molecule has 0 fully saturated rings. The molecule has 0 saturated heterocycles. The van der Waals surface area contributed by atoms with E-state index in [-0.39, 0.29) is 27.8 Å². The Bertz CT molecular complexity index is 897. The third kappa shape index (κ3) is 2.23. The fourth-order valence-electron chi connectivity index (χ4n) is 2.90. The van der Waals surface area contributed by atoms with Gasteiger partial charge in [0, 0.05) is 23.6 Å². The molecule has 1 aliphatic rings. The molecule has 2 aromatic carbocycles. The summed E-state index contributed by atoms with van der Waals surface area (Å²) in [5.74, 6) is -2.59. The second kappa shape index (κ2) is 5.49. The highest BCUT2D eigenvalue weighted by Gasteiger charge is 2.36. The van der Waals surface area contributed by atoms with Gasteiger partial charge in [0.1, 0.15) is 17.6 Å². The summed E-state index contributed by atoms with van der Waals surface area (Å²) in [4.78, 5) is 36.4. The van der Waals surface area contributed by atoms with E-state index in [1.807, 2.05) is 0 Å². The van der Waals surface area contributed by atoms with Crippen LogP contribution >= 0.6 is 0 Å². The molecule has 0 heterocycles. The predicted molar refractivity (Wildman–Crippen MR) is 83.3 cm³/mol. The third-order valence-corrected chi connectivity index (χ3v) is 3.96. The highest BCUT2D eigenvalue weighted by molar-refractivity contribution is 6.30. The number of carbonyl (C=O) groups excluding carboxylic acids is 3. The van der Waals surface area contributed by atoms with E-state index >= 15 is 0 Å². The van der Waals surface area contributed by atoms with Gasteiger partial charge in [-0.15, -0.1) is 0 Å². The lowest BCUT2D eigenvalue weighted by molar-refractivity contribution is -0.145. The molecule has 2 aromatic rings. The van der Waals surface area contributed by atoms with Gasteiger partial charge in [-0.1, -0.05) is 24.3 Å². The van der Waals surface area contributed by atoms with Crippen LogP contribution in [0, 0.1) is 0 Å². The van der Waals surface area contributed by atoms with Gasteiger partial charge in [0.25, 0.3) is 0 Å². The van der Waals surface area contributed by atoms with Crippen molar-refractivity contribution in [2.45, 2.75) is 20.0 Å². The second-order valence-corrected chi connectivity index (χ2v) is 5.54. The molecule has 1 atom stereocenters. The van der Waals surface area contributed by atoms with Crippen LogP contribution in [0.15, 0.2) is 30.3 Å². The number of benzene rings is 2. The molecular formula is C18H14O6. The Labute approximate surface area is 137 Å². The summed E-state index contributed by atoms with van der Waals surface area (Å²) in [5, 5.41) is 20.7. The highest BCUT2D eigenvalue weighted by Crippen LogP contribution is 2.42. The molecule has 0 aliphatic heterocycles. The predicted octanol–water partition coefficient (Wildman–Crippen LogP) is 2.50. The summed E-state index contributed by atoms with van der Waals surface area (Å²) in [6, 6.07) is 7.34. The topological polar surface area (TPSA) is 101 Å². The molecule has 3 rings (SSSR count). The number of phenols is 2. The number of hydrogen-bond donors (Lipinski definition) is 2. The number of phenolic OH excluding ortho intramolecular Hbond substituents is 2. The standard InChI is InChI=1S/C18H14O6/c1-8(24-9(2)19)12-7-13(20)14-15(18(12)23)17(22)11-6-4-3-5-10(11)16(14)21/h3-8,20,23H,1-2H3. The average molecular weight is 326 g/mol. The van der Waals surface area contributed by atoms with Crippen molar-refractivity contribution in [3.8, 4) is 11.5 Å². The van der Waals surface area contributed by atoms with E-state index in [1.165, 1.54) is 26.0 Å². The Balaban J connectivity index is 2.24. The van der Waals surface area contributed by atoms with Crippen LogP contribution in [-0.2, 0) is 9.53 Å². The summed E-state index contributed by atoms with van der Waals surface area (Å²) < 4.78 is 4.99. The first kappa shape index (κ1) is 15.7. The maximum absolute atomic E-state index is 12.7. The van der Waals surface area contributed by atoms with Gasteiger partial charge in [0.2, 0.25) is 0 Å². The van der Waals surface area contributed by atoms with Gasteiger partial charge in [-0.3, -0.25) is 14.4 Å². The van der Waals surface area contributed by atoms with E-state index in [4.69, 9.17) is 4.74 Å². The van der Waals surface area contributed by atoms with Gasteiger partial charge in [0.05, 0.1) is 11.1 Å². The fraction of sp³-hybridized carbons (Fsp3) is 0.167. The fourth-order valence-corrected chi connectivity index (χ4v) is 2.90. The van der Waals surface area contributed by atoms with E-state index in [2.05, 4.69) is 0 Å². The number of carbonyl (C=O) groups is 3. The summed E-state index contributed by atoms with van der Waals surface area (Å²) in [6.07, 6.45) is -0.890. The minimum absolute atomic E-state index is 0.0574. The Hall–Kier alpha value is -3.15. The zero-order chi connectivity index (χ0) is 17.6. The van der Waals surface area contributed by atoms with Crippen LogP contribution < -0.4 is 0 Å². The van der Waals surface area contributed by atoms with Crippen LogP contribution in [0.3, 0.4) is 0 Å². The SMILES string of the molecule is CC(=O)OC(C)c1cc(O)c2c(c1O)C(=O)c1ccccc1C2=O. The van der Waals surface area contributed by atoms with E-state index in [0.717, 1.165) is 6.07 Å². The van der Waals surface area contributed by atoms with Crippen LogP contribution in [0.5, 0.6) is 11.5 Å². The van der Waals surface area contributed by atoms with E-state index in [1.54, 1.807) is 12.1 Å². The van der Waals surface area contributed by atoms with Crippen molar-refractivity contribution in [3.63, 3.8) is 0 Å². The number of ether oxygens (including phenoxy) is 1. The molecule has 2 N–H and O–H groups in total. The quantitative estimate of drug-likeness (QED) is 0.554. The van der Waals surface area contributed by atoms with Crippen LogP contribution in [0.1, 0.15) is 57.4 Å². The van der Waals surface area contributed by atoms with Crippen LogP contribution in [0.2, 0.25) is 0 Å². The van der Waals surface area contributed by atoms with Crippen LogP contribution in [0.4, 0.5) is 0 Å². The summed E-state index contributed by atoms with van der Waals surface area (Å²) >= 11 is 0. The van der Waals surface area contributed by atoms with Gasteiger partial charge in [-0.05, 0) is 13.0 Å². The van der Waals surface area contributed by atoms with Crippen molar-refractivity contribution in [2.75, 3.05) is 0 Å². The molecule has 0 saturated carbocycles. The van der Waals surface area contributed by atoms with Gasteiger partial charge >= 0.3 is 5.97 Å². The molecule has 1 unspecified atom stereocenters. The Morgan fingerprint density at radius 2 is 1.58 bits per heavy atom. The lowest BCUT2D eigenvalue weighted by atomic mass is 9.81. The Kier molecular flexibility index (Phi) is 3.60. The maximum atomic E-state index is 12.7. The molecule has 0 radical (unpaired) electrons. The van der Waals surface area contributed by atoms with Gasteiger partial charge < -0.3 is 14.9 Å². The smallest absolute Gasteiger partial charge is 0.303 e. The van der Waals surface area contributed by atoms with E-state index in [0.29, 0.717) is 0 Å². The van der Waals surface area contributed by atoms with Gasteiger partial charge in [-0.25, -0.2) is 0 Å². The van der Waals surface area contributed by atoms with Crippen molar-refractivity contribution in [2.24, 2.45) is 0 Å². The van der Waals surface area contributed by atoms with Gasteiger partial charge in [-0.2, -0.15) is 0 Å². The van der Waals surface area contributed by atoms with Crippen LogP contribution in [0.25, 0.3) is 0 Å². The molecule has 0 spiro atoms. The number of rotatable bonds is 2. The number of esters is 1. The lowest BCUT2D eigenvalue weighted by Gasteiger charge is -2.22. The average Bonchev–Trinajstić information content (AvgIpc) is 2.53. The number of hydrogen-bond acceptors (Lipinski definition) is 6. The van der Waals surface area contributed by atoms with Gasteiger partial charge in [0.15, 0.2) is 11.6 Å².